The maximum Gasteiger partial charge on any atom is 0.326 e. The number of terminal acetylenes is 1. The SMILES string of the molecule is C#CCN(C)C(=O)N[C@H](Cc1ccccc1)C(=O)O. The molecule has 0 bridgehead atoms. The Labute approximate surface area is 112 Å². The number of nitrogens with one attached hydrogen (secondary N) is 1. The average Bonchev–Trinajstić information content (AvgIpc) is 2.39. The fourth-order valence-corrected chi connectivity index (χ4v) is 1.52. The lowest BCUT2D eigenvalue weighted by Crippen LogP contribution is -2.47. The van der Waals surface area contributed by atoms with Crippen LogP contribution in [0.3, 0.4) is 0 Å². The zero-order valence-electron chi connectivity index (χ0n) is 10.7. The van der Waals surface area contributed by atoms with Crippen molar-refractivity contribution in [1.29, 1.82) is 0 Å². The summed E-state index contributed by atoms with van der Waals surface area (Å²) in [5, 5.41) is 11.6. The van der Waals surface area contributed by atoms with Crippen LogP contribution in [0.15, 0.2) is 30.3 Å². The lowest BCUT2D eigenvalue weighted by molar-refractivity contribution is -0.139. The highest BCUT2D eigenvalue weighted by Crippen LogP contribution is 2.04. The third-order valence-electron chi connectivity index (χ3n) is 2.55. The highest BCUT2D eigenvalue weighted by molar-refractivity contribution is 5.82. The van der Waals surface area contributed by atoms with Crippen LogP contribution in [-0.4, -0.2) is 41.6 Å². The maximum atomic E-state index is 11.7. The van der Waals surface area contributed by atoms with Crippen molar-refractivity contribution in [3.8, 4) is 12.3 Å². The summed E-state index contributed by atoms with van der Waals surface area (Å²) < 4.78 is 0. The first-order valence-corrected chi connectivity index (χ1v) is 5.76. The summed E-state index contributed by atoms with van der Waals surface area (Å²) >= 11 is 0. The van der Waals surface area contributed by atoms with Crippen LogP contribution in [0.1, 0.15) is 5.56 Å². The van der Waals surface area contributed by atoms with Gasteiger partial charge >= 0.3 is 12.0 Å². The molecule has 5 nitrogen and oxygen atoms in total. The summed E-state index contributed by atoms with van der Waals surface area (Å²) in [5.74, 6) is 1.24. The molecule has 1 atom stereocenters. The summed E-state index contributed by atoms with van der Waals surface area (Å²) in [6.45, 7) is 0.128. The standard InChI is InChI=1S/C14H16N2O3/c1-3-9-16(2)14(19)15-12(13(17)18)10-11-7-5-4-6-8-11/h1,4-8,12H,9-10H2,2H3,(H,15,19)(H,17,18)/t12-/m1/s1. The van der Waals surface area contributed by atoms with E-state index in [0.717, 1.165) is 5.56 Å². The number of hydrogen-bond donors (Lipinski definition) is 2. The van der Waals surface area contributed by atoms with Gasteiger partial charge in [-0.15, -0.1) is 6.42 Å². The normalized spacial score (nSPS) is 11.2. The van der Waals surface area contributed by atoms with Gasteiger partial charge in [-0.1, -0.05) is 36.3 Å². The highest BCUT2D eigenvalue weighted by Gasteiger charge is 2.21. The van der Waals surface area contributed by atoms with Crippen molar-refractivity contribution in [1.82, 2.24) is 10.2 Å². The molecule has 0 heterocycles. The number of carboxylic acids is 1. The quantitative estimate of drug-likeness (QED) is 0.775. The molecule has 0 saturated heterocycles. The van der Waals surface area contributed by atoms with Crippen molar-refractivity contribution in [3.05, 3.63) is 35.9 Å². The molecular formula is C14H16N2O3. The largest absolute Gasteiger partial charge is 0.480 e. The van der Waals surface area contributed by atoms with Gasteiger partial charge in [0.2, 0.25) is 0 Å². The fraction of sp³-hybridized carbons (Fsp3) is 0.286. The first-order chi connectivity index (χ1) is 9.04. The predicted octanol–water partition coefficient (Wildman–Crippen LogP) is 0.957. The molecule has 1 aromatic rings. The van der Waals surface area contributed by atoms with Crippen molar-refractivity contribution in [2.24, 2.45) is 0 Å². The number of aliphatic carboxylic acids is 1. The summed E-state index contributed by atoms with van der Waals surface area (Å²) in [6.07, 6.45) is 5.32. The number of hydrogen-bond acceptors (Lipinski definition) is 2. The summed E-state index contributed by atoms with van der Waals surface area (Å²) in [4.78, 5) is 24.1. The van der Waals surface area contributed by atoms with Crippen LogP contribution >= 0.6 is 0 Å². The fourth-order valence-electron chi connectivity index (χ4n) is 1.52. The van der Waals surface area contributed by atoms with Crippen LogP contribution < -0.4 is 5.32 Å². The number of carbonyl (C=O) groups is 2. The number of benzene rings is 1. The minimum absolute atomic E-state index is 0.128. The Balaban J connectivity index is 2.67. The molecule has 5 heteroatoms. The van der Waals surface area contributed by atoms with Gasteiger partial charge in [0.1, 0.15) is 6.04 Å². The zero-order chi connectivity index (χ0) is 14.3. The van der Waals surface area contributed by atoms with Gasteiger partial charge in [-0.2, -0.15) is 0 Å². The van der Waals surface area contributed by atoms with Gasteiger partial charge in [0.15, 0.2) is 0 Å². The Kier molecular flexibility index (Phi) is 5.42. The predicted molar refractivity (Wildman–Crippen MR) is 71.6 cm³/mol. The minimum atomic E-state index is -1.08. The molecule has 0 aromatic heterocycles. The molecule has 100 valence electrons. The van der Waals surface area contributed by atoms with E-state index in [1.165, 1.54) is 11.9 Å². The van der Waals surface area contributed by atoms with Gasteiger partial charge in [-0.05, 0) is 5.56 Å². The van der Waals surface area contributed by atoms with Crippen LogP contribution in [0.4, 0.5) is 4.79 Å². The first kappa shape index (κ1) is 14.6. The molecule has 0 radical (unpaired) electrons. The molecule has 0 spiro atoms. The Morgan fingerprint density at radius 2 is 2.05 bits per heavy atom. The molecule has 0 aliphatic heterocycles. The van der Waals surface area contributed by atoms with E-state index in [-0.39, 0.29) is 13.0 Å². The molecule has 0 aliphatic carbocycles. The van der Waals surface area contributed by atoms with E-state index in [4.69, 9.17) is 11.5 Å². The van der Waals surface area contributed by atoms with Crippen molar-refractivity contribution in [3.63, 3.8) is 0 Å². The number of urea groups is 1. The van der Waals surface area contributed by atoms with Gasteiger partial charge in [-0.3, -0.25) is 0 Å². The molecule has 2 amide bonds. The van der Waals surface area contributed by atoms with Crippen LogP contribution in [0, 0.1) is 12.3 Å². The van der Waals surface area contributed by atoms with Crippen molar-refractivity contribution < 1.29 is 14.7 Å². The highest BCUT2D eigenvalue weighted by atomic mass is 16.4. The number of nitrogens with zero attached hydrogens (tertiary/aromatic N) is 1. The second-order valence-electron chi connectivity index (χ2n) is 4.09. The molecule has 2 N–H and O–H groups in total. The molecule has 0 unspecified atom stereocenters. The Bertz CT molecular complexity index is 479. The lowest BCUT2D eigenvalue weighted by Gasteiger charge is -2.19. The average molecular weight is 260 g/mol. The number of rotatable bonds is 5. The topological polar surface area (TPSA) is 69.6 Å². The van der Waals surface area contributed by atoms with Gasteiger partial charge < -0.3 is 15.3 Å². The van der Waals surface area contributed by atoms with Gasteiger partial charge in [-0.25, -0.2) is 9.59 Å². The van der Waals surface area contributed by atoms with E-state index < -0.39 is 18.0 Å². The van der Waals surface area contributed by atoms with E-state index in [1.807, 2.05) is 30.3 Å². The third kappa shape index (κ3) is 4.72. The summed E-state index contributed by atoms with van der Waals surface area (Å²) in [5.41, 5.74) is 0.842. The van der Waals surface area contributed by atoms with Crippen LogP contribution in [0.2, 0.25) is 0 Å². The molecular weight excluding hydrogens is 244 g/mol. The lowest BCUT2D eigenvalue weighted by atomic mass is 10.1. The molecule has 1 aromatic carbocycles. The second-order valence-corrected chi connectivity index (χ2v) is 4.09. The molecule has 0 aliphatic rings. The monoisotopic (exact) mass is 260 g/mol. The Morgan fingerprint density at radius 1 is 1.42 bits per heavy atom. The van der Waals surface area contributed by atoms with Crippen LogP contribution in [0.25, 0.3) is 0 Å². The summed E-state index contributed by atoms with van der Waals surface area (Å²) in [7, 11) is 1.51. The number of carboxylic acid groups (broad SMARTS) is 1. The molecule has 0 fully saturated rings. The third-order valence-corrected chi connectivity index (χ3v) is 2.55. The van der Waals surface area contributed by atoms with Crippen LogP contribution in [0.5, 0.6) is 0 Å². The first-order valence-electron chi connectivity index (χ1n) is 5.76. The second kappa shape index (κ2) is 7.07. The van der Waals surface area contributed by atoms with E-state index in [9.17, 15) is 9.59 Å². The van der Waals surface area contributed by atoms with E-state index >= 15 is 0 Å². The van der Waals surface area contributed by atoms with Crippen molar-refractivity contribution >= 4 is 12.0 Å². The van der Waals surface area contributed by atoms with Crippen molar-refractivity contribution in [2.75, 3.05) is 13.6 Å². The number of carbonyl (C=O) groups excluding carboxylic acids is 1. The smallest absolute Gasteiger partial charge is 0.326 e. The van der Waals surface area contributed by atoms with Gasteiger partial charge in [0.25, 0.3) is 0 Å². The Hall–Kier alpha value is -2.48. The van der Waals surface area contributed by atoms with E-state index in [2.05, 4.69) is 11.2 Å². The van der Waals surface area contributed by atoms with Crippen LogP contribution in [-0.2, 0) is 11.2 Å². The van der Waals surface area contributed by atoms with Crippen molar-refractivity contribution in [2.45, 2.75) is 12.5 Å². The summed E-state index contributed by atoms with van der Waals surface area (Å²) in [6, 6.07) is 7.64. The number of amides is 2. The van der Waals surface area contributed by atoms with Gasteiger partial charge in [0.05, 0.1) is 6.54 Å². The Morgan fingerprint density at radius 3 is 2.58 bits per heavy atom. The van der Waals surface area contributed by atoms with Gasteiger partial charge in [0, 0.05) is 13.5 Å². The molecule has 1 rings (SSSR count). The van der Waals surface area contributed by atoms with E-state index in [1.54, 1.807) is 0 Å². The zero-order valence-corrected chi connectivity index (χ0v) is 10.7. The molecule has 0 saturated carbocycles. The minimum Gasteiger partial charge on any atom is -0.480 e. The maximum absolute atomic E-state index is 11.7. The van der Waals surface area contributed by atoms with E-state index in [0.29, 0.717) is 0 Å². The molecule has 19 heavy (non-hydrogen) atoms.